The van der Waals surface area contributed by atoms with Crippen LogP contribution in [0.3, 0.4) is 0 Å². The zero-order valence-corrected chi connectivity index (χ0v) is 19.6. The third kappa shape index (κ3) is 5.23. The van der Waals surface area contributed by atoms with Gasteiger partial charge in [0.25, 0.3) is 0 Å². The average Bonchev–Trinajstić information content (AvgIpc) is 2.63. The molecule has 0 aromatic heterocycles. The summed E-state index contributed by atoms with van der Waals surface area (Å²) in [6, 6.07) is 2.06. The third-order valence-electron chi connectivity index (χ3n) is 5.48. The second-order valence-electron chi connectivity index (χ2n) is 7.87. The van der Waals surface area contributed by atoms with Crippen LogP contribution in [0.5, 0.6) is 0 Å². The van der Waals surface area contributed by atoms with E-state index in [9.17, 15) is 8.42 Å². The van der Waals surface area contributed by atoms with Gasteiger partial charge >= 0.3 is 0 Å². The van der Waals surface area contributed by atoms with Crippen LogP contribution in [0.1, 0.15) is 28.7 Å². The number of hydrogen-bond acceptors (Lipinski definition) is 4. The molecule has 0 bridgehead atoms. The first kappa shape index (κ1) is 23.1. The standard InChI is InChI=1S/C20H34N4O2S2/c1-15-14-16(2)18(4)19(17(15)3)28(25,26)24-12-10-23(11-13-24)20(27)21-8-7-9-22(5)6/h14H,7-13H2,1-6H3,(H,21,27). The van der Waals surface area contributed by atoms with Gasteiger partial charge in [-0.3, -0.25) is 0 Å². The van der Waals surface area contributed by atoms with Crippen LogP contribution < -0.4 is 5.32 Å². The molecule has 0 saturated carbocycles. The van der Waals surface area contributed by atoms with Crippen LogP contribution in [0.4, 0.5) is 0 Å². The SMILES string of the molecule is Cc1cc(C)c(C)c(S(=O)(=O)N2CCN(C(=S)NCCCN(C)C)CC2)c1C. The Bertz CT molecular complexity index is 788. The molecule has 28 heavy (non-hydrogen) atoms. The molecule has 6 nitrogen and oxygen atoms in total. The molecule has 1 aliphatic rings. The Balaban J connectivity index is 2.02. The molecule has 2 rings (SSSR count). The number of benzene rings is 1. The number of thiocarbonyl (C=S) groups is 1. The van der Waals surface area contributed by atoms with Crippen molar-refractivity contribution in [2.75, 3.05) is 53.4 Å². The summed E-state index contributed by atoms with van der Waals surface area (Å²) >= 11 is 5.49. The molecule has 0 amide bonds. The maximum absolute atomic E-state index is 13.3. The fourth-order valence-electron chi connectivity index (χ4n) is 3.53. The molecule has 1 N–H and O–H groups in total. The van der Waals surface area contributed by atoms with Gasteiger partial charge in [-0.15, -0.1) is 0 Å². The molecular formula is C20H34N4O2S2. The summed E-state index contributed by atoms with van der Waals surface area (Å²) in [5.41, 5.74) is 3.74. The highest BCUT2D eigenvalue weighted by Gasteiger charge is 2.32. The fraction of sp³-hybridized carbons (Fsp3) is 0.650. The van der Waals surface area contributed by atoms with Gasteiger partial charge in [0.05, 0.1) is 4.90 Å². The fourth-order valence-corrected chi connectivity index (χ4v) is 5.81. The number of nitrogens with zero attached hydrogens (tertiary/aromatic N) is 3. The van der Waals surface area contributed by atoms with Crippen molar-refractivity contribution in [2.45, 2.75) is 39.0 Å². The van der Waals surface area contributed by atoms with E-state index in [0.717, 1.165) is 46.9 Å². The number of rotatable bonds is 6. The first-order chi connectivity index (χ1) is 13.1. The zero-order chi connectivity index (χ0) is 21.1. The van der Waals surface area contributed by atoms with Gasteiger partial charge in [-0.05, 0) is 89.2 Å². The highest BCUT2D eigenvalue weighted by molar-refractivity contribution is 7.89. The van der Waals surface area contributed by atoms with E-state index in [4.69, 9.17) is 12.2 Å². The van der Waals surface area contributed by atoms with Crippen molar-refractivity contribution in [3.05, 3.63) is 28.3 Å². The minimum absolute atomic E-state index is 0.452. The summed E-state index contributed by atoms with van der Waals surface area (Å²) < 4.78 is 28.3. The summed E-state index contributed by atoms with van der Waals surface area (Å²) in [6.07, 6.45) is 1.02. The Morgan fingerprint density at radius 1 is 1.07 bits per heavy atom. The molecule has 1 fully saturated rings. The minimum Gasteiger partial charge on any atom is -0.363 e. The normalized spacial score (nSPS) is 15.9. The van der Waals surface area contributed by atoms with Crippen molar-refractivity contribution in [1.82, 2.24) is 19.4 Å². The Hall–Kier alpha value is -1.22. The molecule has 0 spiro atoms. The number of piperazine rings is 1. The van der Waals surface area contributed by atoms with Crippen LogP contribution in [0.15, 0.2) is 11.0 Å². The van der Waals surface area contributed by atoms with Crippen molar-refractivity contribution in [1.29, 1.82) is 0 Å². The maximum atomic E-state index is 13.3. The van der Waals surface area contributed by atoms with Gasteiger partial charge in [0.15, 0.2) is 5.11 Å². The van der Waals surface area contributed by atoms with Crippen LogP contribution in [0.2, 0.25) is 0 Å². The predicted molar refractivity (Wildman–Crippen MR) is 119 cm³/mol. The van der Waals surface area contributed by atoms with E-state index in [2.05, 4.69) is 35.3 Å². The van der Waals surface area contributed by atoms with Crippen LogP contribution in [0, 0.1) is 27.7 Å². The van der Waals surface area contributed by atoms with E-state index in [1.165, 1.54) is 0 Å². The smallest absolute Gasteiger partial charge is 0.243 e. The Morgan fingerprint density at radius 2 is 1.61 bits per heavy atom. The van der Waals surface area contributed by atoms with E-state index < -0.39 is 10.0 Å². The van der Waals surface area contributed by atoms with Gasteiger partial charge in [-0.1, -0.05) is 6.07 Å². The molecule has 0 aliphatic carbocycles. The van der Waals surface area contributed by atoms with Gasteiger partial charge in [-0.2, -0.15) is 4.31 Å². The van der Waals surface area contributed by atoms with Crippen LogP contribution in [-0.2, 0) is 10.0 Å². The third-order valence-corrected chi connectivity index (χ3v) is 8.06. The maximum Gasteiger partial charge on any atom is 0.243 e. The largest absolute Gasteiger partial charge is 0.363 e. The van der Waals surface area contributed by atoms with Crippen LogP contribution in [0.25, 0.3) is 0 Å². The highest BCUT2D eigenvalue weighted by Crippen LogP contribution is 2.29. The van der Waals surface area contributed by atoms with Gasteiger partial charge in [0.1, 0.15) is 0 Å². The summed E-state index contributed by atoms with van der Waals surface area (Å²) in [5, 5.41) is 4.01. The van der Waals surface area contributed by atoms with Crippen molar-refractivity contribution >= 4 is 27.4 Å². The molecule has 1 heterocycles. The van der Waals surface area contributed by atoms with Crippen LogP contribution in [-0.4, -0.2) is 81.0 Å². The zero-order valence-electron chi connectivity index (χ0n) is 18.0. The van der Waals surface area contributed by atoms with Crippen molar-refractivity contribution < 1.29 is 8.42 Å². The van der Waals surface area contributed by atoms with Crippen molar-refractivity contribution in [3.8, 4) is 0 Å². The lowest BCUT2D eigenvalue weighted by molar-refractivity contribution is 0.263. The molecule has 0 atom stereocenters. The number of nitrogens with one attached hydrogen (secondary N) is 1. The number of hydrogen-bond donors (Lipinski definition) is 1. The number of aryl methyl sites for hydroxylation is 2. The average molecular weight is 427 g/mol. The Labute approximate surface area is 175 Å². The minimum atomic E-state index is -3.51. The van der Waals surface area contributed by atoms with E-state index in [1.54, 1.807) is 4.31 Å². The Kier molecular flexibility index (Phi) is 7.84. The summed E-state index contributed by atoms with van der Waals surface area (Å²) in [7, 11) is 0.595. The predicted octanol–water partition coefficient (Wildman–Crippen LogP) is 2.05. The summed E-state index contributed by atoms with van der Waals surface area (Å²) in [6.45, 7) is 11.7. The van der Waals surface area contributed by atoms with Gasteiger partial charge in [0, 0.05) is 32.7 Å². The van der Waals surface area contributed by atoms with Crippen molar-refractivity contribution in [2.24, 2.45) is 0 Å². The topological polar surface area (TPSA) is 55.9 Å². The quantitative estimate of drug-likeness (QED) is 0.555. The molecular weight excluding hydrogens is 392 g/mol. The second kappa shape index (κ2) is 9.52. The van der Waals surface area contributed by atoms with E-state index in [-0.39, 0.29) is 0 Å². The summed E-state index contributed by atoms with van der Waals surface area (Å²) in [4.78, 5) is 4.69. The molecule has 0 unspecified atom stereocenters. The van der Waals surface area contributed by atoms with E-state index in [0.29, 0.717) is 31.1 Å². The van der Waals surface area contributed by atoms with Gasteiger partial charge in [-0.25, -0.2) is 8.42 Å². The lowest BCUT2D eigenvalue weighted by Crippen LogP contribution is -2.53. The molecule has 158 valence electrons. The molecule has 1 aromatic rings. The van der Waals surface area contributed by atoms with Crippen LogP contribution >= 0.6 is 12.2 Å². The molecule has 1 aliphatic heterocycles. The molecule has 0 radical (unpaired) electrons. The lowest BCUT2D eigenvalue weighted by Gasteiger charge is -2.36. The van der Waals surface area contributed by atoms with Crippen molar-refractivity contribution in [3.63, 3.8) is 0 Å². The monoisotopic (exact) mass is 426 g/mol. The first-order valence-electron chi connectivity index (χ1n) is 9.80. The lowest BCUT2D eigenvalue weighted by atomic mass is 10.0. The molecule has 1 aromatic carbocycles. The first-order valence-corrected chi connectivity index (χ1v) is 11.7. The van der Waals surface area contributed by atoms with E-state index >= 15 is 0 Å². The van der Waals surface area contributed by atoms with Gasteiger partial charge < -0.3 is 15.1 Å². The van der Waals surface area contributed by atoms with Gasteiger partial charge in [0.2, 0.25) is 10.0 Å². The van der Waals surface area contributed by atoms with E-state index in [1.807, 2.05) is 27.7 Å². The highest BCUT2D eigenvalue weighted by atomic mass is 32.2. The summed E-state index contributed by atoms with van der Waals surface area (Å²) in [5.74, 6) is 0. The second-order valence-corrected chi connectivity index (χ2v) is 10.1. The molecule has 1 saturated heterocycles. The Morgan fingerprint density at radius 3 is 2.11 bits per heavy atom. The molecule has 8 heteroatoms. The number of sulfonamides is 1.